The van der Waals surface area contributed by atoms with Gasteiger partial charge in [0.25, 0.3) is 0 Å². The first-order valence-corrected chi connectivity index (χ1v) is 11.1. The quantitative estimate of drug-likeness (QED) is 0.626. The molecule has 1 unspecified atom stereocenters. The fraction of sp³-hybridized carbons (Fsp3) is 0.720. The summed E-state index contributed by atoms with van der Waals surface area (Å²) in [6.07, 6.45) is 8.56. The number of hydrogen-bond acceptors (Lipinski definition) is 4. The second-order valence-corrected chi connectivity index (χ2v) is 10.6. The van der Waals surface area contributed by atoms with E-state index in [1.54, 1.807) is 6.92 Å². The number of esters is 1. The molecular formula is C25H34O4. The molecule has 4 nitrogen and oxygen atoms in total. The summed E-state index contributed by atoms with van der Waals surface area (Å²) in [6.45, 7) is 11.7. The Balaban J connectivity index is 1.79. The molecule has 4 heteroatoms. The van der Waals surface area contributed by atoms with E-state index >= 15 is 0 Å². The zero-order valence-electron chi connectivity index (χ0n) is 18.6. The van der Waals surface area contributed by atoms with Gasteiger partial charge in [0.1, 0.15) is 0 Å². The molecule has 0 saturated heterocycles. The Morgan fingerprint density at radius 2 is 1.76 bits per heavy atom. The van der Waals surface area contributed by atoms with Crippen molar-refractivity contribution in [1.29, 1.82) is 0 Å². The van der Waals surface area contributed by atoms with E-state index in [-0.39, 0.29) is 34.3 Å². The third kappa shape index (κ3) is 2.60. The predicted octanol–water partition coefficient (Wildman–Crippen LogP) is 4.82. The Morgan fingerprint density at radius 1 is 1.10 bits per heavy atom. The number of rotatable bonds is 2. The molecule has 2 saturated carbocycles. The Labute approximate surface area is 174 Å². The van der Waals surface area contributed by atoms with E-state index in [4.69, 9.17) is 4.74 Å². The second-order valence-electron chi connectivity index (χ2n) is 10.6. The highest BCUT2D eigenvalue weighted by molar-refractivity contribution is 5.94. The average Bonchev–Trinajstić information content (AvgIpc) is 2.91. The average molecular weight is 399 g/mol. The van der Waals surface area contributed by atoms with Crippen LogP contribution in [0, 0.1) is 34.5 Å². The molecule has 0 aliphatic heterocycles. The minimum absolute atomic E-state index is 0.00105. The summed E-state index contributed by atoms with van der Waals surface area (Å²) in [5, 5.41) is 0. The molecule has 7 atom stereocenters. The minimum Gasteiger partial charge on any atom is -0.451 e. The summed E-state index contributed by atoms with van der Waals surface area (Å²) < 4.78 is 5.84. The summed E-state index contributed by atoms with van der Waals surface area (Å²) in [4.78, 5) is 37.2. The fourth-order valence-corrected chi connectivity index (χ4v) is 7.82. The smallest absolute Gasteiger partial charge is 0.303 e. The Hall–Kier alpha value is -1.71. The van der Waals surface area contributed by atoms with Crippen LogP contribution in [0.1, 0.15) is 73.6 Å². The molecule has 4 rings (SSSR count). The highest BCUT2D eigenvalue weighted by Crippen LogP contribution is 2.68. The van der Waals surface area contributed by atoms with Crippen LogP contribution in [-0.4, -0.2) is 23.1 Å². The first-order valence-electron chi connectivity index (χ1n) is 11.1. The lowest BCUT2D eigenvalue weighted by Crippen LogP contribution is -2.58. The normalized spacial score (nSPS) is 46.1. The van der Waals surface area contributed by atoms with Gasteiger partial charge in [-0.2, -0.15) is 0 Å². The van der Waals surface area contributed by atoms with Gasteiger partial charge in [-0.15, -0.1) is 0 Å². The maximum Gasteiger partial charge on any atom is 0.303 e. The van der Waals surface area contributed by atoms with Crippen molar-refractivity contribution in [2.75, 3.05) is 0 Å². The van der Waals surface area contributed by atoms with Crippen molar-refractivity contribution in [2.45, 2.75) is 79.2 Å². The van der Waals surface area contributed by atoms with E-state index in [9.17, 15) is 14.4 Å². The van der Waals surface area contributed by atoms with Gasteiger partial charge in [0, 0.05) is 18.3 Å². The zero-order chi connectivity index (χ0) is 21.4. The van der Waals surface area contributed by atoms with Crippen LogP contribution < -0.4 is 0 Å². The van der Waals surface area contributed by atoms with Gasteiger partial charge in [-0.3, -0.25) is 14.4 Å². The van der Waals surface area contributed by atoms with Gasteiger partial charge < -0.3 is 4.74 Å². The molecule has 4 aliphatic rings. The van der Waals surface area contributed by atoms with E-state index in [1.807, 2.05) is 13.0 Å². The van der Waals surface area contributed by atoms with E-state index in [2.05, 4.69) is 26.8 Å². The van der Waals surface area contributed by atoms with Crippen LogP contribution in [0.2, 0.25) is 0 Å². The Morgan fingerprint density at radius 3 is 2.38 bits per heavy atom. The van der Waals surface area contributed by atoms with Crippen molar-refractivity contribution >= 4 is 17.5 Å². The van der Waals surface area contributed by atoms with Crippen molar-refractivity contribution < 1.29 is 19.1 Å². The zero-order valence-corrected chi connectivity index (χ0v) is 18.6. The van der Waals surface area contributed by atoms with Gasteiger partial charge in [-0.05, 0) is 80.8 Å². The van der Waals surface area contributed by atoms with Gasteiger partial charge in [0.2, 0.25) is 0 Å². The number of ether oxygens (including phenoxy) is 1. The Bertz CT molecular complexity index is 851. The van der Waals surface area contributed by atoms with E-state index in [1.165, 1.54) is 18.1 Å². The van der Waals surface area contributed by atoms with Gasteiger partial charge in [-0.25, -0.2) is 0 Å². The standard InChI is InChI=1S/C25H34O4/c1-14-11-18-19(23(5)13-15(2)22(28)12-21(14)23)7-9-24(6)20(18)8-10-25(24,16(3)26)29-17(4)27/h11-12,15,18-20H,7-10,13H2,1-6H3/t15?,18-,19+,20+,23-,24+,25+/m1/s1. The molecule has 0 heterocycles. The number of carbonyl (C=O) groups excluding carboxylic acids is 3. The molecule has 0 aromatic carbocycles. The molecule has 0 aromatic rings. The largest absolute Gasteiger partial charge is 0.451 e. The maximum absolute atomic E-state index is 12.8. The van der Waals surface area contributed by atoms with Crippen LogP contribution in [0.15, 0.2) is 23.3 Å². The molecule has 0 bridgehead atoms. The van der Waals surface area contributed by atoms with Crippen LogP contribution >= 0.6 is 0 Å². The van der Waals surface area contributed by atoms with Crippen molar-refractivity contribution in [3.05, 3.63) is 23.3 Å². The molecule has 0 spiro atoms. The first-order chi connectivity index (χ1) is 13.5. The molecule has 158 valence electrons. The highest BCUT2D eigenvalue weighted by atomic mass is 16.6. The van der Waals surface area contributed by atoms with Crippen molar-refractivity contribution in [3.8, 4) is 0 Å². The van der Waals surface area contributed by atoms with E-state index in [0.717, 1.165) is 25.7 Å². The number of hydrogen-bond donors (Lipinski definition) is 0. The van der Waals surface area contributed by atoms with Crippen LogP contribution in [0.4, 0.5) is 0 Å². The van der Waals surface area contributed by atoms with Crippen LogP contribution in [0.3, 0.4) is 0 Å². The summed E-state index contributed by atoms with van der Waals surface area (Å²) >= 11 is 0. The number of carbonyl (C=O) groups is 3. The third-order valence-corrected chi connectivity index (χ3v) is 9.14. The summed E-state index contributed by atoms with van der Waals surface area (Å²) in [6, 6.07) is 0. The molecular weight excluding hydrogens is 364 g/mol. The van der Waals surface area contributed by atoms with Gasteiger partial charge in [0.15, 0.2) is 17.2 Å². The van der Waals surface area contributed by atoms with E-state index < -0.39 is 5.60 Å². The molecule has 2 fully saturated rings. The third-order valence-electron chi connectivity index (χ3n) is 9.14. The van der Waals surface area contributed by atoms with Crippen molar-refractivity contribution in [2.24, 2.45) is 34.5 Å². The number of fused-ring (bicyclic) bond motifs is 5. The summed E-state index contributed by atoms with van der Waals surface area (Å²) in [5.41, 5.74) is 1.10. The summed E-state index contributed by atoms with van der Waals surface area (Å²) in [5.74, 6) is 1.05. The molecule has 4 aliphatic carbocycles. The molecule has 0 amide bonds. The number of ketones is 2. The topological polar surface area (TPSA) is 60.4 Å². The minimum atomic E-state index is -0.997. The van der Waals surface area contributed by atoms with Crippen molar-refractivity contribution in [3.63, 3.8) is 0 Å². The lowest BCUT2D eigenvalue weighted by atomic mass is 9.46. The lowest BCUT2D eigenvalue weighted by molar-refractivity contribution is -0.185. The Kier molecular flexibility index (Phi) is 4.53. The first kappa shape index (κ1) is 20.6. The van der Waals surface area contributed by atoms with Gasteiger partial charge in [-0.1, -0.05) is 32.4 Å². The van der Waals surface area contributed by atoms with Gasteiger partial charge >= 0.3 is 5.97 Å². The molecule has 0 aromatic heterocycles. The molecule has 29 heavy (non-hydrogen) atoms. The van der Waals surface area contributed by atoms with Crippen LogP contribution in [0.25, 0.3) is 0 Å². The SMILES string of the molecule is CC(=O)O[C@]1(C(C)=O)CC[C@H]2[C@@H]3C=C(C)C4=CC(=O)C(C)C[C@]4(C)[C@H]3CC[C@@]21C. The summed E-state index contributed by atoms with van der Waals surface area (Å²) in [7, 11) is 0. The van der Waals surface area contributed by atoms with Crippen LogP contribution in [0.5, 0.6) is 0 Å². The van der Waals surface area contributed by atoms with E-state index in [0.29, 0.717) is 24.2 Å². The van der Waals surface area contributed by atoms with Crippen molar-refractivity contribution in [1.82, 2.24) is 0 Å². The second kappa shape index (κ2) is 6.39. The number of allylic oxidation sites excluding steroid dienone is 4. The van der Waals surface area contributed by atoms with Gasteiger partial charge in [0.05, 0.1) is 0 Å². The van der Waals surface area contributed by atoms with Crippen LogP contribution in [-0.2, 0) is 19.1 Å². The molecule has 0 N–H and O–H groups in total. The fourth-order valence-electron chi connectivity index (χ4n) is 7.82. The highest BCUT2D eigenvalue weighted by Gasteiger charge is 2.67. The lowest BCUT2D eigenvalue weighted by Gasteiger charge is -2.58. The predicted molar refractivity (Wildman–Crippen MR) is 111 cm³/mol. The molecule has 0 radical (unpaired) electrons. The number of Topliss-reactive ketones (excluding diaryl/α,β-unsaturated/α-hetero) is 1. The monoisotopic (exact) mass is 398 g/mol. The maximum atomic E-state index is 12.8.